The molecule has 1 aliphatic heterocycles. The van der Waals surface area contributed by atoms with Gasteiger partial charge in [-0.2, -0.15) is 0 Å². The van der Waals surface area contributed by atoms with Crippen molar-refractivity contribution in [3.8, 4) is 0 Å². The van der Waals surface area contributed by atoms with Gasteiger partial charge in [0.1, 0.15) is 0 Å². The normalized spacial score (nSPS) is 16.1. The number of hydrogen-bond donors (Lipinski definition) is 1. The minimum Gasteiger partial charge on any atom is -0.503 e. The average Bonchev–Trinajstić information content (AvgIpc) is 3.35. The number of rotatable bonds is 5. The van der Waals surface area contributed by atoms with E-state index < -0.39 is 23.5 Å². The summed E-state index contributed by atoms with van der Waals surface area (Å²) in [6.07, 6.45) is 0. The lowest BCUT2D eigenvalue weighted by Crippen LogP contribution is -2.31. The van der Waals surface area contributed by atoms with Crippen molar-refractivity contribution in [2.24, 2.45) is 0 Å². The van der Waals surface area contributed by atoms with Gasteiger partial charge >= 0.3 is 0 Å². The molecule has 0 fully saturated rings. The number of hydrogen-bond acceptors (Lipinski definition) is 8. The molecule has 170 valence electrons. The summed E-state index contributed by atoms with van der Waals surface area (Å²) in [7, 11) is 0. The maximum atomic E-state index is 13.6. The number of nitrogens with zero attached hydrogens (tertiary/aromatic N) is 3. The van der Waals surface area contributed by atoms with Crippen LogP contribution in [-0.2, 0) is 4.79 Å². The average molecular weight is 522 g/mol. The van der Waals surface area contributed by atoms with Gasteiger partial charge in [-0.05, 0) is 38.5 Å². The SMILES string of the molecule is CC(=O)c1sc(N2C(=O)C(O)=C(C(=O)c3sc(C)nc3C)C2c2ccc(Cl)cc2Cl)nc1C. The van der Waals surface area contributed by atoms with Crippen molar-refractivity contribution < 1.29 is 19.5 Å². The van der Waals surface area contributed by atoms with E-state index in [9.17, 15) is 19.5 Å². The van der Waals surface area contributed by atoms with Crippen molar-refractivity contribution in [1.82, 2.24) is 9.97 Å². The Morgan fingerprint density at radius 1 is 1.06 bits per heavy atom. The number of anilines is 1. The van der Waals surface area contributed by atoms with E-state index in [-0.39, 0.29) is 21.5 Å². The molecule has 0 aliphatic carbocycles. The van der Waals surface area contributed by atoms with Gasteiger partial charge in [0.15, 0.2) is 16.7 Å². The van der Waals surface area contributed by atoms with E-state index in [2.05, 4.69) is 9.97 Å². The Bertz CT molecular complexity index is 1380. The Balaban J connectivity index is 1.94. The van der Waals surface area contributed by atoms with Crippen LogP contribution in [0.5, 0.6) is 0 Å². The van der Waals surface area contributed by atoms with Gasteiger partial charge in [0.2, 0.25) is 5.78 Å². The van der Waals surface area contributed by atoms with Crippen LogP contribution in [0, 0.1) is 20.8 Å². The molecule has 11 heteroatoms. The number of thiazole rings is 2. The fourth-order valence-corrected chi connectivity index (χ4v) is 6.10. The molecule has 1 aliphatic rings. The van der Waals surface area contributed by atoms with Gasteiger partial charge in [-0.25, -0.2) is 9.97 Å². The van der Waals surface area contributed by atoms with E-state index in [0.29, 0.717) is 36.7 Å². The Morgan fingerprint density at radius 3 is 2.27 bits per heavy atom. The number of aliphatic hydroxyl groups is 1. The van der Waals surface area contributed by atoms with E-state index in [0.717, 1.165) is 11.3 Å². The summed E-state index contributed by atoms with van der Waals surface area (Å²) in [5, 5.41) is 12.3. The molecule has 0 radical (unpaired) electrons. The summed E-state index contributed by atoms with van der Waals surface area (Å²) in [4.78, 5) is 49.4. The van der Waals surface area contributed by atoms with Gasteiger partial charge in [0, 0.05) is 17.0 Å². The first-order chi connectivity index (χ1) is 15.5. The van der Waals surface area contributed by atoms with Crippen LogP contribution < -0.4 is 4.90 Å². The summed E-state index contributed by atoms with van der Waals surface area (Å²) in [6, 6.07) is 3.61. The molecule has 7 nitrogen and oxygen atoms in total. The summed E-state index contributed by atoms with van der Waals surface area (Å²) >= 11 is 14.7. The maximum absolute atomic E-state index is 13.6. The van der Waals surface area contributed by atoms with Crippen molar-refractivity contribution in [1.29, 1.82) is 0 Å². The van der Waals surface area contributed by atoms with Crippen LogP contribution in [0.25, 0.3) is 0 Å². The van der Waals surface area contributed by atoms with Crippen LogP contribution in [0.2, 0.25) is 10.0 Å². The highest BCUT2D eigenvalue weighted by Crippen LogP contribution is 2.46. The Hall–Kier alpha value is -2.59. The number of carbonyl (C=O) groups is 3. The predicted octanol–water partition coefficient (Wildman–Crippen LogP) is 5.82. The number of aromatic nitrogens is 2. The van der Waals surface area contributed by atoms with Crippen molar-refractivity contribution in [2.75, 3.05) is 4.90 Å². The van der Waals surface area contributed by atoms with Crippen molar-refractivity contribution in [3.63, 3.8) is 0 Å². The zero-order valence-electron chi connectivity index (χ0n) is 17.9. The molecular formula is C22H17Cl2N3O4S2. The zero-order valence-corrected chi connectivity index (χ0v) is 21.0. The van der Waals surface area contributed by atoms with Gasteiger partial charge in [0.25, 0.3) is 5.91 Å². The number of carbonyl (C=O) groups excluding carboxylic acids is 3. The number of amides is 1. The van der Waals surface area contributed by atoms with Crippen LogP contribution in [0.15, 0.2) is 29.5 Å². The third-order valence-corrected chi connectivity index (χ3v) is 8.02. The summed E-state index contributed by atoms with van der Waals surface area (Å²) in [6.45, 7) is 6.52. The molecule has 0 saturated carbocycles. The second-order valence-corrected chi connectivity index (χ2v) is 10.5. The predicted molar refractivity (Wildman–Crippen MR) is 129 cm³/mol. The van der Waals surface area contributed by atoms with Crippen LogP contribution in [-0.4, -0.2) is 32.5 Å². The van der Waals surface area contributed by atoms with Gasteiger partial charge in [-0.15, -0.1) is 11.3 Å². The Morgan fingerprint density at radius 2 is 1.73 bits per heavy atom. The molecular weight excluding hydrogens is 505 g/mol. The van der Waals surface area contributed by atoms with Crippen LogP contribution in [0.3, 0.4) is 0 Å². The number of halogens is 2. The number of ketones is 2. The lowest BCUT2D eigenvalue weighted by Gasteiger charge is -2.25. The molecule has 1 amide bonds. The quantitative estimate of drug-likeness (QED) is 0.424. The molecule has 0 spiro atoms. The fourth-order valence-electron chi connectivity index (χ4n) is 3.73. The topological polar surface area (TPSA) is 100 Å². The third kappa shape index (κ3) is 3.99. The second-order valence-electron chi connectivity index (χ2n) is 7.45. The lowest BCUT2D eigenvalue weighted by atomic mass is 9.95. The molecule has 4 rings (SSSR count). The van der Waals surface area contributed by atoms with Crippen molar-refractivity contribution in [3.05, 3.63) is 71.3 Å². The van der Waals surface area contributed by atoms with E-state index in [1.807, 2.05) is 0 Å². The first-order valence-corrected chi connectivity index (χ1v) is 12.1. The zero-order chi connectivity index (χ0) is 24.2. The molecule has 1 unspecified atom stereocenters. The monoisotopic (exact) mass is 521 g/mol. The standard InChI is InChI=1S/C22H17Cl2N3O4S2/c1-8-19(10(3)28)33-22(26-8)27-16(13-6-5-12(23)7-14(13)24)15(18(30)21(27)31)17(29)20-9(2)25-11(4)32-20/h5-7,16,30H,1-4H3. The first kappa shape index (κ1) is 23.6. The number of aliphatic hydroxyl groups excluding tert-OH is 1. The second kappa shape index (κ2) is 8.64. The molecule has 3 aromatic rings. The van der Waals surface area contributed by atoms with Crippen LogP contribution in [0.4, 0.5) is 5.13 Å². The van der Waals surface area contributed by atoms with Gasteiger partial charge < -0.3 is 5.11 Å². The van der Waals surface area contributed by atoms with Crippen molar-refractivity contribution >= 4 is 68.5 Å². The van der Waals surface area contributed by atoms with Crippen molar-refractivity contribution in [2.45, 2.75) is 33.7 Å². The van der Waals surface area contributed by atoms with E-state index >= 15 is 0 Å². The summed E-state index contributed by atoms with van der Waals surface area (Å²) in [5.74, 6) is -2.23. The van der Waals surface area contributed by atoms with E-state index in [1.165, 1.54) is 29.2 Å². The summed E-state index contributed by atoms with van der Waals surface area (Å²) in [5.41, 5.74) is 1.20. The minimum atomic E-state index is -1.07. The molecule has 1 atom stereocenters. The molecule has 3 heterocycles. The largest absolute Gasteiger partial charge is 0.503 e. The van der Waals surface area contributed by atoms with Gasteiger partial charge in [-0.1, -0.05) is 40.6 Å². The molecule has 1 aromatic carbocycles. The van der Waals surface area contributed by atoms with Crippen LogP contribution in [0.1, 0.15) is 54.3 Å². The summed E-state index contributed by atoms with van der Waals surface area (Å²) < 4.78 is 0. The Kier molecular flexibility index (Phi) is 6.17. The van der Waals surface area contributed by atoms with Gasteiger partial charge in [0.05, 0.1) is 37.8 Å². The molecule has 2 aromatic heterocycles. The van der Waals surface area contributed by atoms with Gasteiger partial charge in [-0.3, -0.25) is 19.3 Å². The molecule has 0 saturated heterocycles. The highest BCUT2D eigenvalue weighted by Gasteiger charge is 2.47. The molecule has 1 N–H and O–H groups in total. The number of benzene rings is 1. The fraction of sp³-hybridized carbons (Fsp3) is 0.227. The minimum absolute atomic E-state index is 0.131. The highest BCUT2D eigenvalue weighted by molar-refractivity contribution is 7.18. The smallest absolute Gasteiger partial charge is 0.296 e. The highest BCUT2D eigenvalue weighted by atomic mass is 35.5. The Labute approximate surface area is 207 Å². The first-order valence-electron chi connectivity index (χ1n) is 9.70. The van der Waals surface area contributed by atoms with E-state index in [4.69, 9.17) is 23.2 Å². The van der Waals surface area contributed by atoms with E-state index in [1.54, 1.807) is 32.9 Å². The van der Waals surface area contributed by atoms with Crippen LogP contribution >= 0.6 is 45.9 Å². The lowest BCUT2D eigenvalue weighted by molar-refractivity contribution is -0.117. The number of Topliss-reactive ketones (excluding diaryl/α,β-unsaturated/α-hetero) is 2. The third-order valence-electron chi connectivity index (χ3n) is 5.13. The maximum Gasteiger partial charge on any atom is 0.296 e. The number of aryl methyl sites for hydroxylation is 3. The molecule has 33 heavy (non-hydrogen) atoms. The molecule has 0 bridgehead atoms.